The van der Waals surface area contributed by atoms with Gasteiger partial charge in [-0.05, 0) is 43.2 Å². The predicted molar refractivity (Wildman–Crippen MR) is 85.0 cm³/mol. The molecule has 112 valence electrons. The number of hydrogen-bond acceptors (Lipinski definition) is 5. The third kappa shape index (κ3) is 3.37. The Bertz CT molecular complexity index is 584. The second-order valence-electron chi connectivity index (χ2n) is 5.31. The molecule has 2 aromatic rings. The highest BCUT2D eigenvalue weighted by Gasteiger charge is 2.15. The summed E-state index contributed by atoms with van der Waals surface area (Å²) in [5.74, 6) is 1.68. The predicted octanol–water partition coefficient (Wildman–Crippen LogP) is 2.87. The molecule has 4 nitrogen and oxygen atoms in total. The summed E-state index contributed by atoms with van der Waals surface area (Å²) in [6.07, 6.45) is 0. The molecule has 3 rings (SSSR count). The van der Waals surface area contributed by atoms with E-state index in [1.165, 1.54) is 10.4 Å². The van der Waals surface area contributed by atoms with Gasteiger partial charge >= 0.3 is 0 Å². The van der Waals surface area contributed by atoms with Gasteiger partial charge in [0.25, 0.3) is 0 Å². The van der Waals surface area contributed by atoms with Gasteiger partial charge in [0.15, 0.2) is 11.5 Å². The van der Waals surface area contributed by atoms with Crippen molar-refractivity contribution in [1.29, 1.82) is 0 Å². The lowest BCUT2D eigenvalue weighted by molar-refractivity contribution is 0.174. The Kier molecular flexibility index (Phi) is 4.43. The number of benzene rings is 1. The average molecular weight is 304 g/mol. The van der Waals surface area contributed by atoms with Gasteiger partial charge in [0.05, 0.1) is 6.04 Å². The molecule has 21 heavy (non-hydrogen) atoms. The van der Waals surface area contributed by atoms with Crippen molar-refractivity contribution in [3.63, 3.8) is 0 Å². The summed E-state index contributed by atoms with van der Waals surface area (Å²) in [5, 5.41) is 5.66. The Balaban J connectivity index is 1.57. The first kappa shape index (κ1) is 14.4. The highest BCUT2D eigenvalue weighted by atomic mass is 32.1. The first-order valence-corrected chi connectivity index (χ1v) is 7.91. The lowest BCUT2D eigenvalue weighted by atomic mass is 10.2. The van der Waals surface area contributed by atoms with Crippen molar-refractivity contribution in [2.75, 3.05) is 27.4 Å². The second-order valence-corrected chi connectivity index (χ2v) is 6.29. The molecule has 1 unspecified atom stereocenters. The van der Waals surface area contributed by atoms with Crippen LogP contribution in [-0.4, -0.2) is 32.3 Å². The summed E-state index contributed by atoms with van der Waals surface area (Å²) in [7, 11) is 4.24. The van der Waals surface area contributed by atoms with Crippen LogP contribution in [0.1, 0.15) is 16.5 Å². The van der Waals surface area contributed by atoms with Crippen LogP contribution in [0.2, 0.25) is 0 Å². The molecule has 1 aromatic heterocycles. The van der Waals surface area contributed by atoms with E-state index in [1.807, 2.05) is 12.1 Å². The van der Waals surface area contributed by atoms with E-state index in [1.54, 1.807) is 11.3 Å². The second kappa shape index (κ2) is 6.47. The maximum Gasteiger partial charge on any atom is 0.231 e. The van der Waals surface area contributed by atoms with Crippen LogP contribution in [0.4, 0.5) is 0 Å². The Morgan fingerprint density at radius 1 is 1.24 bits per heavy atom. The third-order valence-electron chi connectivity index (χ3n) is 3.60. The van der Waals surface area contributed by atoms with Gasteiger partial charge in [-0.15, -0.1) is 11.3 Å². The largest absolute Gasteiger partial charge is 0.454 e. The van der Waals surface area contributed by atoms with Crippen LogP contribution in [0.15, 0.2) is 35.7 Å². The van der Waals surface area contributed by atoms with Crippen LogP contribution < -0.4 is 14.8 Å². The van der Waals surface area contributed by atoms with E-state index >= 15 is 0 Å². The lowest BCUT2D eigenvalue weighted by Crippen LogP contribution is -2.30. The summed E-state index contributed by atoms with van der Waals surface area (Å²) >= 11 is 1.80. The van der Waals surface area contributed by atoms with Crippen LogP contribution >= 0.6 is 11.3 Å². The number of fused-ring (bicyclic) bond motifs is 1. The van der Waals surface area contributed by atoms with Crippen LogP contribution in [0, 0.1) is 0 Å². The quantitative estimate of drug-likeness (QED) is 0.890. The molecule has 0 fully saturated rings. The Morgan fingerprint density at radius 2 is 2.10 bits per heavy atom. The van der Waals surface area contributed by atoms with Gasteiger partial charge in [-0.3, -0.25) is 0 Å². The van der Waals surface area contributed by atoms with Gasteiger partial charge < -0.3 is 19.7 Å². The van der Waals surface area contributed by atoms with Crippen LogP contribution in [0.3, 0.4) is 0 Å². The molecule has 0 aliphatic carbocycles. The number of ether oxygens (including phenoxy) is 2. The van der Waals surface area contributed by atoms with Crippen molar-refractivity contribution in [2.45, 2.75) is 12.6 Å². The summed E-state index contributed by atoms with van der Waals surface area (Å²) in [6.45, 7) is 2.07. The minimum atomic E-state index is 0.327. The van der Waals surface area contributed by atoms with E-state index in [0.717, 1.165) is 24.6 Å². The molecule has 0 saturated heterocycles. The maximum absolute atomic E-state index is 5.41. The Hall–Kier alpha value is -1.56. The van der Waals surface area contributed by atoms with E-state index in [2.05, 4.69) is 47.9 Å². The van der Waals surface area contributed by atoms with Crippen molar-refractivity contribution in [2.24, 2.45) is 0 Å². The number of nitrogens with zero attached hydrogens (tertiary/aromatic N) is 1. The van der Waals surface area contributed by atoms with E-state index in [-0.39, 0.29) is 0 Å². The molecule has 1 aliphatic rings. The van der Waals surface area contributed by atoms with Gasteiger partial charge in [0.1, 0.15) is 0 Å². The zero-order valence-corrected chi connectivity index (χ0v) is 13.2. The number of thiophene rings is 1. The summed E-state index contributed by atoms with van der Waals surface area (Å²) in [4.78, 5) is 3.64. The fourth-order valence-corrected chi connectivity index (χ4v) is 3.35. The smallest absolute Gasteiger partial charge is 0.231 e. The summed E-state index contributed by atoms with van der Waals surface area (Å²) in [5.41, 5.74) is 1.21. The highest BCUT2D eigenvalue weighted by molar-refractivity contribution is 7.10. The van der Waals surface area contributed by atoms with E-state index in [9.17, 15) is 0 Å². The molecule has 1 aliphatic heterocycles. The Labute approximate surface area is 129 Å². The number of hydrogen-bond donors (Lipinski definition) is 1. The average Bonchev–Trinajstić information content (AvgIpc) is 3.13. The van der Waals surface area contributed by atoms with E-state index < -0.39 is 0 Å². The van der Waals surface area contributed by atoms with E-state index in [0.29, 0.717) is 12.8 Å². The molecule has 1 aromatic carbocycles. The normalized spacial score (nSPS) is 14.6. The molecule has 0 bridgehead atoms. The van der Waals surface area contributed by atoms with Crippen LogP contribution in [0.5, 0.6) is 11.5 Å². The van der Waals surface area contributed by atoms with Crippen molar-refractivity contribution >= 4 is 11.3 Å². The fourth-order valence-electron chi connectivity index (χ4n) is 2.42. The SMILES string of the molecule is CN(C)C(CNCc1ccc2c(c1)OCO2)c1cccs1. The molecular formula is C16H20N2O2S. The number of likely N-dealkylation sites (N-methyl/N-ethyl adjacent to an activating group) is 1. The maximum atomic E-state index is 5.41. The molecule has 0 spiro atoms. The minimum absolute atomic E-state index is 0.327. The van der Waals surface area contributed by atoms with Gasteiger partial charge in [0, 0.05) is 18.0 Å². The number of nitrogens with one attached hydrogen (secondary N) is 1. The van der Waals surface area contributed by atoms with Crippen molar-refractivity contribution < 1.29 is 9.47 Å². The summed E-state index contributed by atoms with van der Waals surface area (Å²) < 4.78 is 10.7. The first-order valence-electron chi connectivity index (χ1n) is 7.03. The number of rotatable bonds is 6. The molecule has 2 heterocycles. The summed E-state index contributed by atoms with van der Waals surface area (Å²) in [6, 6.07) is 10.8. The topological polar surface area (TPSA) is 33.7 Å². The van der Waals surface area contributed by atoms with Crippen molar-refractivity contribution in [3.05, 3.63) is 46.2 Å². The van der Waals surface area contributed by atoms with E-state index in [4.69, 9.17) is 9.47 Å². The molecule has 0 saturated carbocycles. The zero-order valence-electron chi connectivity index (χ0n) is 12.3. The fraction of sp³-hybridized carbons (Fsp3) is 0.375. The van der Waals surface area contributed by atoms with Gasteiger partial charge in [-0.1, -0.05) is 12.1 Å². The monoisotopic (exact) mass is 304 g/mol. The first-order chi connectivity index (χ1) is 10.2. The minimum Gasteiger partial charge on any atom is -0.454 e. The van der Waals surface area contributed by atoms with Gasteiger partial charge in [-0.2, -0.15) is 0 Å². The molecule has 0 radical (unpaired) electrons. The highest BCUT2D eigenvalue weighted by Crippen LogP contribution is 2.32. The van der Waals surface area contributed by atoms with Crippen LogP contribution in [0.25, 0.3) is 0 Å². The molecule has 1 atom stereocenters. The van der Waals surface area contributed by atoms with Crippen molar-refractivity contribution in [3.8, 4) is 11.5 Å². The van der Waals surface area contributed by atoms with Gasteiger partial charge in [0.2, 0.25) is 6.79 Å². The zero-order chi connectivity index (χ0) is 14.7. The van der Waals surface area contributed by atoms with Gasteiger partial charge in [-0.25, -0.2) is 0 Å². The molecular weight excluding hydrogens is 284 g/mol. The standard InChI is InChI=1S/C16H20N2O2S/c1-18(2)13(16-4-3-7-21-16)10-17-9-12-5-6-14-15(8-12)20-11-19-14/h3-8,13,17H,9-11H2,1-2H3. The lowest BCUT2D eigenvalue weighted by Gasteiger charge is -2.23. The molecule has 1 N–H and O–H groups in total. The van der Waals surface area contributed by atoms with Crippen LogP contribution in [-0.2, 0) is 6.54 Å². The molecule has 0 amide bonds. The molecule has 5 heteroatoms. The Morgan fingerprint density at radius 3 is 2.86 bits per heavy atom. The third-order valence-corrected chi connectivity index (χ3v) is 4.57. The van der Waals surface area contributed by atoms with Crippen molar-refractivity contribution in [1.82, 2.24) is 10.2 Å².